The molecular weight excluding hydrogens is 408 g/mol. The summed E-state index contributed by atoms with van der Waals surface area (Å²) in [7, 11) is 0. The second-order valence-electron chi connectivity index (χ2n) is 8.64. The van der Waals surface area contributed by atoms with Crippen LogP contribution in [0.5, 0.6) is 0 Å². The van der Waals surface area contributed by atoms with Gasteiger partial charge < -0.3 is 4.90 Å². The molecule has 0 aliphatic carbocycles. The summed E-state index contributed by atoms with van der Waals surface area (Å²) >= 11 is 0. The Bertz CT molecular complexity index is 1130. The largest absolute Gasteiger partial charge is 0.337 e. The summed E-state index contributed by atoms with van der Waals surface area (Å²) in [6, 6.07) is 30.9. The fourth-order valence-corrected chi connectivity index (χ4v) is 4.79. The fourth-order valence-electron chi connectivity index (χ4n) is 4.79. The SMILES string of the molecule is O=C(c1cn(C(c2ccccc2)c2ccccc2)nn1)N1CCC[C@@H](c2ccccc2)CC1. The molecule has 0 N–H and O–H groups in total. The van der Waals surface area contributed by atoms with Crippen molar-refractivity contribution >= 4 is 5.91 Å². The predicted molar refractivity (Wildman–Crippen MR) is 129 cm³/mol. The fraction of sp³-hybridized carbons (Fsp3) is 0.250. The number of aromatic nitrogens is 3. The molecule has 33 heavy (non-hydrogen) atoms. The lowest BCUT2D eigenvalue weighted by Crippen LogP contribution is -2.32. The van der Waals surface area contributed by atoms with Crippen molar-refractivity contribution in [1.82, 2.24) is 19.9 Å². The van der Waals surface area contributed by atoms with Gasteiger partial charge in [0.1, 0.15) is 6.04 Å². The lowest BCUT2D eigenvalue weighted by atomic mass is 9.92. The molecule has 5 rings (SSSR count). The first-order chi connectivity index (χ1) is 16.3. The molecule has 166 valence electrons. The molecule has 1 aliphatic heterocycles. The third-order valence-corrected chi connectivity index (χ3v) is 6.51. The number of amides is 1. The third kappa shape index (κ3) is 4.72. The van der Waals surface area contributed by atoms with Crippen molar-refractivity contribution in [2.45, 2.75) is 31.2 Å². The summed E-state index contributed by atoms with van der Waals surface area (Å²) in [5, 5.41) is 8.68. The Morgan fingerprint density at radius 2 is 1.39 bits per heavy atom. The first-order valence-electron chi connectivity index (χ1n) is 11.7. The van der Waals surface area contributed by atoms with Crippen molar-refractivity contribution in [2.75, 3.05) is 13.1 Å². The monoisotopic (exact) mass is 436 g/mol. The Kier molecular flexibility index (Phi) is 6.29. The van der Waals surface area contributed by atoms with Crippen LogP contribution >= 0.6 is 0 Å². The molecule has 1 amide bonds. The van der Waals surface area contributed by atoms with E-state index in [1.807, 2.05) is 46.0 Å². The van der Waals surface area contributed by atoms with Crippen molar-refractivity contribution in [3.8, 4) is 0 Å². The van der Waals surface area contributed by atoms with Crippen molar-refractivity contribution in [3.63, 3.8) is 0 Å². The number of nitrogens with zero attached hydrogens (tertiary/aromatic N) is 4. The lowest BCUT2D eigenvalue weighted by molar-refractivity contribution is 0.0755. The molecule has 1 aliphatic rings. The number of hydrogen-bond donors (Lipinski definition) is 0. The maximum absolute atomic E-state index is 13.3. The number of benzene rings is 3. The van der Waals surface area contributed by atoms with E-state index in [1.165, 1.54) is 5.56 Å². The van der Waals surface area contributed by atoms with Crippen LogP contribution in [0.4, 0.5) is 0 Å². The van der Waals surface area contributed by atoms with E-state index in [-0.39, 0.29) is 11.9 Å². The van der Waals surface area contributed by atoms with Gasteiger partial charge in [-0.2, -0.15) is 0 Å². The highest BCUT2D eigenvalue weighted by atomic mass is 16.2. The van der Waals surface area contributed by atoms with Crippen molar-refractivity contribution in [3.05, 3.63) is 120 Å². The highest BCUT2D eigenvalue weighted by Crippen LogP contribution is 2.29. The first-order valence-corrected chi connectivity index (χ1v) is 11.7. The molecule has 1 fully saturated rings. The molecular formula is C28H28N4O. The van der Waals surface area contributed by atoms with Gasteiger partial charge in [0.05, 0.1) is 6.20 Å². The Morgan fingerprint density at radius 1 is 0.788 bits per heavy atom. The summed E-state index contributed by atoms with van der Waals surface area (Å²) in [5.41, 5.74) is 3.98. The van der Waals surface area contributed by atoms with Crippen LogP contribution in [-0.2, 0) is 0 Å². The van der Waals surface area contributed by atoms with Crippen molar-refractivity contribution in [1.29, 1.82) is 0 Å². The zero-order valence-electron chi connectivity index (χ0n) is 18.6. The molecule has 0 bridgehead atoms. The third-order valence-electron chi connectivity index (χ3n) is 6.51. The van der Waals surface area contributed by atoms with E-state index in [9.17, 15) is 4.79 Å². The summed E-state index contributed by atoms with van der Waals surface area (Å²) in [5.74, 6) is 0.468. The number of rotatable bonds is 5. The molecule has 5 heteroatoms. The number of carbonyl (C=O) groups is 1. The Labute approximate surface area is 194 Å². The van der Waals surface area contributed by atoms with Crippen LogP contribution in [0.25, 0.3) is 0 Å². The lowest BCUT2D eigenvalue weighted by Gasteiger charge is -2.20. The molecule has 1 atom stereocenters. The predicted octanol–water partition coefficient (Wildman–Crippen LogP) is 5.33. The highest BCUT2D eigenvalue weighted by Gasteiger charge is 2.26. The molecule has 0 spiro atoms. The van der Waals surface area contributed by atoms with Gasteiger partial charge in [0.15, 0.2) is 5.69 Å². The average molecular weight is 437 g/mol. The quantitative estimate of drug-likeness (QED) is 0.425. The van der Waals surface area contributed by atoms with E-state index in [0.29, 0.717) is 11.6 Å². The Balaban J connectivity index is 1.35. The van der Waals surface area contributed by atoms with Crippen LogP contribution in [-0.4, -0.2) is 38.9 Å². The van der Waals surface area contributed by atoms with Gasteiger partial charge in [-0.1, -0.05) is 96.2 Å². The van der Waals surface area contributed by atoms with Crippen LogP contribution < -0.4 is 0 Å². The molecule has 0 unspecified atom stereocenters. The highest BCUT2D eigenvalue weighted by molar-refractivity contribution is 5.92. The topological polar surface area (TPSA) is 51.0 Å². The zero-order valence-corrected chi connectivity index (χ0v) is 18.6. The molecule has 2 heterocycles. The summed E-state index contributed by atoms with van der Waals surface area (Å²) in [6.45, 7) is 1.50. The van der Waals surface area contributed by atoms with Crippen LogP contribution in [0.3, 0.4) is 0 Å². The van der Waals surface area contributed by atoms with Gasteiger partial charge in [-0.25, -0.2) is 4.68 Å². The minimum absolute atomic E-state index is 0.0326. The maximum atomic E-state index is 13.3. The number of likely N-dealkylation sites (tertiary alicyclic amines) is 1. The van der Waals surface area contributed by atoms with Crippen LogP contribution in [0, 0.1) is 0 Å². The molecule has 0 radical (unpaired) electrons. The second kappa shape index (κ2) is 9.82. The number of carbonyl (C=O) groups excluding carboxylic acids is 1. The van der Waals surface area contributed by atoms with E-state index in [1.54, 1.807) is 6.20 Å². The summed E-state index contributed by atoms with van der Waals surface area (Å²) in [4.78, 5) is 15.3. The maximum Gasteiger partial charge on any atom is 0.276 e. The minimum atomic E-state index is -0.131. The van der Waals surface area contributed by atoms with E-state index >= 15 is 0 Å². The van der Waals surface area contributed by atoms with Gasteiger partial charge in [-0.15, -0.1) is 5.10 Å². The van der Waals surface area contributed by atoms with Gasteiger partial charge >= 0.3 is 0 Å². The Morgan fingerprint density at radius 3 is 2.03 bits per heavy atom. The molecule has 3 aromatic carbocycles. The van der Waals surface area contributed by atoms with Crippen molar-refractivity contribution < 1.29 is 4.79 Å². The molecule has 0 saturated carbocycles. The van der Waals surface area contributed by atoms with Gasteiger partial charge in [0, 0.05) is 13.1 Å². The molecule has 5 nitrogen and oxygen atoms in total. The molecule has 4 aromatic rings. The van der Waals surface area contributed by atoms with E-state index in [0.717, 1.165) is 43.5 Å². The van der Waals surface area contributed by atoms with Gasteiger partial charge in [0.2, 0.25) is 0 Å². The smallest absolute Gasteiger partial charge is 0.276 e. The van der Waals surface area contributed by atoms with Crippen molar-refractivity contribution in [2.24, 2.45) is 0 Å². The summed E-state index contributed by atoms with van der Waals surface area (Å²) in [6.07, 6.45) is 4.87. The van der Waals surface area contributed by atoms with Gasteiger partial charge in [-0.05, 0) is 41.9 Å². The summed E-state index contributed by atoms with van der Waals surface area (Å²) < 4.78 is 1.81. The van der Waals surface area contributed by atoms with E-state index < -0.39 is 0 Å². The normalized spacial score (nSPS) is 16.5. The van der Waals surface area contributed by atoms with Crippen LogP contribution in [0.15, 0.2) is 97.2 Å². The van der Waals surface area contributed by atoms with Gasteiger partial charge in [-0.3, -0.25) is 4.79 Å². The minimum Gasteiger partial charge on any atom is -0.337 e. The molecule has 1 saturated heterocycles. The van der Waals surface area contributed by atoms with Crippen LogP contribution in [0.1, 0.15) is 58.4 Å². The Hall–Kier alpha value is -3.73. The number of hydrogen-bond acceptors (Lipinski definition) is 3. The van der Waals surface area contributed by atoms with Crippen LogP contribution in [0.2, 0.25) is 0 Å². The standard InChI is InChI=1S/C28H28N4O/c33-28(31-19-10-17-23(18-20-31)22-11-4-1-5-12-22)26-21-32(30-29-26)27(24-13-6-2-7-14-24)25-15-8-3-9-16-25/h1-9,11-16,21,23,27H,10,17-20H2/t23-/m1/s1. The molecule has 1 aromatic heterocycles. The second-order valence-corrected chi connectivity index (χ2v) is 8.64. The van der Waals surface area contributed by atoms with Gasteiger partial charge in [0.25, 0.3) is 5.91 Å². The van der Waals surface area contributed by atoms with E-state index in [4.69, 9.17) is 0 Å². The van der Waals surface area contributed by atoms with E-state index in [2.05, 4.69) is 64.9 Å². The zero-order chi connectivity index (χ0) is 22.5. The first kappa shape index (κ1) is 21.1. The average Bonchev–Trinajstić information content (AvgIpc) is 3.22.